The summed E-state index contributed by atoms with van der Waals surface area (Å²) in [5.74, 6) is 2.82. The molecule has 1 aliphatic carbocycles. The molecule has 0 bridgehead atoms. The minimum Gasteiger partial charge on any atom is -0.316 e. The van der Waals surface area contributed by atoms with Crippen LogP contribution in [0.4, 0.5) is 0 Å². The molecule has 86 valence electrons. The molecule has 1 N–H and O–H groups in total. The van der Waals surface area contributed by atoms with Crippen LogP contribution in [-0.4, -0.2) is 19.4 Å². The van der Waals surface area contributed by atoms with E-state index in [9.17, 15) is 4.79 Å². The van der Waals surface area contributed by atoms with Crippen LogP contribution >= 0.6 is 0 Å². The zero-order valence-electron chi connectivity index (χ0n) is 9.74. The smallest absolute Gasteiger partial charge is 0.124 e. The van der Waals surface area contributed by atoms with Gasteiger partial charge in [-0.3, -0.25) is 0 Å². The van der Waals surface area contributed by atoms with Crippen LogP contribution in [0.25, 0.3) is 0 Å². The minimum absolute atomic E-state index is 0.279. The molecule has 0 aromatic rings. The predicted octanol–water partition coefficient (Wildman–Crippen LogP) is 2.24. The number of rotatable bonds is 2. The molecular formula is C13H23NO. The molecule has 0 spiro atoms. The molecule has 15 heavy (non-hydrogen) atoms. The van der Waals surface area contributed by atoms with Crippen LogP contribution in [0.2, 0.25) is 0 Å². The van der Waals surface area contributed by atoms with Gasteiger partial charge in [0, 0.05) is 12.5 Å². The van der Waals surface area contributed by atoms with Gasteiger partial charge in [-0.15, -0.1) is 0 Å². The van der Waals surface area contributed by atoms with Crippen LogP contribution < -0.4 is 5.32 Å². The van der Waals surface area contributed by atoms with E-state index < -0.39 is 0 Å². The van der Waals surface area contributed by atoms with E-state index in [1.54, 1.807) is 0 Å². The van der Waals surface area contributed by atoms with Crippen molar-refractivity contribution in [3.8, 4) is 0 Å². The first-order valence-corrected chi connectivity index (χ1v) is 6.45. The molecule has 2 aliphatic rings. The Balaban J connectivity index is 1.88. The Kier molecular flexibility index (Phi) is 3.79. The van der Waals surface area contributed by atoms with Gasteiger partial charge in [0.1, 0.15) is 6.29 Å². The molecule has 1 saturated heterocycles. The Labute approximate surface area is 92.8 Å². The predicted molar refractivity (Wildman–Crippen MR) is 61.7 cm³/mol. The summed E-state index contributed by atoms with van der Waals surface area (Å²) in [6, 6.07) is 0. The lowest BCUT2D eigenvalue weighted by Crippen LogP contribution is -2.41. The first kappa shape index (κ1) is 11.1. The van der Waals surface area contributed by atoms with Crippen LogP contribution in [-0.2, 0) is 4.79 Å². The van der Waals surface area contributed by atoms with Gasteiger partial charge in [-0.1, -0.05) is 26.2 Å². The normalized spacial score (nSPS) is 42.5. The number of piperidine rings is 1. The number of hydrogen-bond donors (Lipinski definition) is 1. The average Bonchev–Trinajstić information content (AvgIpc) is 2.29. The summed E-state index contributed by atoms with van der Waals surface area (Å²) in [5, 5.41) is 3.42. The molecule has 1 heterocycles. The van der Waals surface area contributed by atoms with Gasteiger partial charge < -0.3 is 10.1 Å². The van der Waals surface area contributed by atoms with Crippen molar-refractivity contribution in [1.29, 1.82) is 0 Å². The Morgan fingerprint density at radius 1 is 1.13 bits per heavy atom. The standard InChI is InChI=1S/C13H23NO/c1-10-3-2-4-12(5-10)13-6-11(9-15)7-14-8-13/h9-14H,2-8H2,1H3. The Hall–Kier alpha value is -0.370. The van der Waals surface area contributed by atoms with Crippen LogP contribution in [0.3, 0.4) is 0 Å². The zero-order valence-corrected chi connectivity index (χ0v) is 9.74. The highest BCUT2D eigenvalue weighted by Crippen LogP contribution is 2.36. The van der Waals surface area contributed by atoms with Gasteiger partial charge in [-0.25, -0.2) is 0 Å². The maximum atomic E-state index is 10.8. The number of nitrogens with one attached hydrogen (secondary N) is 1. The first-order valence-electron chi connectivity index (χ1n) is 6.45. The average molecular weight is 209 g/mol. The van der Waals surface area contributed by atoms with Crippen molar-refractivity contribution in [2.75, 3.05) is 13.1 Å². The summed E-state index contributed by atoms with van der Waals surface area (Å²) >= 11 is 0. The molecule has 2 fully saturated rings. The van der Waals surface area contributed by atoms with E-state index in [2.05, 4.69) is 12.2 Å². The molecule has 0 amide bonds. The SMILES string of the molecule is CC1CCCC(C2CNCC(C=O)C2)C1. The second-order valence-electron chi connectivity index (χ2n) is 5.58. The van der Waals surface area contributed by atoms with Crippen molar-refractivity contribution in [3.05, 3.63) is 0 Å². The highest BCUT2D eigenvalue weighted by atomic mass is 16.1. The van der Waals surface area contributed by atoms with Gasteiger partial charge in [0.25, 0.3) is 0 Å². The van der Waals surface area contributed by atoms with Gasteiger partial charge in [0.2, 0.25) is 0 Å². The fourth-order valence-corrected chi connectivity index (χ4v) is 3.38. The zero-order chi connectivity index (χ0) is 10.7. The fourth-order valence-electron chi connectivity index (χ4n) is 3.38. The lowest BCUT2D eigenvalue weighted by Gasteiger charge is -2.37. The third-order valence-electron chi connectivity index (χ3n) is 4.25. The van der Waals surface area contributed by atoms with E-state index in [-0.39, 0.29) is 5.92 Å². The Morgan fingerprint density at radius 3 is 2.73 bits per heavy atom. The molecule has 1 aliphatic heterocycles. The molecule has 2 heteroatoms. The molecule has 1 saturated carbocycles. The number of carbonyl (C=O) groups excluding carboxylic acids is 1. The third-order valence-corrected chi connectivity index (χ3v) is 4.25. The van der Waals surface area contributed by atoms with Crippen molar-refractivity contribution in [3.63, 3.8) is 0 Å². The van der Waals surface area contributed by atoms with Gasteiger partial charge in [0.15, 0.2) is 0 Å². The van der Waals surface area contributed by atoms with Crippen molar-refractivity contribution < 1.29 is 4.79 Å². The van der Waals surface area contributed by atoms with E-state index in [0.717, 1.165) is 43.6 Å². The highest BCUT2D eigenvalue weighted by Gasteiger charge is 2.30. The second-order valence-corrected chi connectivity index (χ2v) is 5.58. The summed E-state index contributed by atoms with van der Waals surface area (Å²) in [5.41, 5.74) is 0. The molecule has 4 atom stereocenters. The van der Waals surface area contributed by atoms with E-state index in [4.69, 9.17) is 0 Å². The molecule has 4 unspecified atom stereocenters. The Bertz CT molecular complexity index is 217. The maximum absolute atomic E-state index is 10.8. The van der Waals surface area contributed by atoms with Gasteiger partial charge in [0.05, 0.1) is 0 Å². The number of hydrogen-bond acceptors (Lipinski definition) is 2. The molecule has 2 nitrogen and oxygen atoms in total. The fraction of sp³-hybridized carbons (Fsp3) is 0.923. The summed E-state index contributed by atoms with van der Waals surface area (Å²) < 4.78 is 0. The topological polar surface area (TPSA) is 29.1 Å². The van der Waals surface area contributed by atoms with Crippen LogP contribution in [0, 0.1) is 23.7 Å². The largest absolute Gasteiger partial charge is 0.316 e. The maximum Gasteiger partial charge on any atom is 0.124 e. The van der Waals surface area contributed by atoms with E-state index in [1.165, 1.54) is 25.7 Å². The van der Waals surface area contributed by atoms with E-state index in [1.807, 2.05) is 0 Å². The number of carbonyl (C=O) groups is 1. The summed E-state index contributed by atoms with van der Waals surface area (Å²) in [6.45, 7) is 4.42. The lowest BCUT2D eigenvalue weighted by molar-refractivity contribution is -0.112. The van der Waals surface area contributed by atoms with E-state index in [0.29, 0.717) is 0 Å². The highest BCUT2D eigenvalue weighted by molar-refractivity contribution is 5.54. The molecule has 2 rings (SSSR count). The van der Waals surface area contributed by atoms with E-state index >= 15 is 0 Å². The molecule has 0 aromatic carbocycles. The molecule has 0 radical (unpaired) electrons. The van der Waals surface area contributed by atoms with Crippen LogP contribution in [0.5, 0.6) is 0 Å². The summed E-state index contributed by atoms with van der Waals surface area (Å²) in [6.07, 6.45) is 7.86. The summed E-state index contributed by atoms with van der Waals surface area (Å²) in [7, 11) is 0. The van der Waals surface area contributed by atoms with Crippen molar-refractivity contribution in [1.82, 2.24) is 5.32 Å². The minimum atomic E-state index is 0.279. The van der Waals surface area contributed by atoms with Crippen molar-refractivity contribution >= 4 is 6.29 Å². The molecular weight excluding hydrogens is 186 g/mol. The quantitative estimate of drug-likeness (QED) is 0.707. The lowest BCUT2D eigenvalue weighted by atomic mass is 9.72. The van der Waals surface area contributed by atoms with Gasteiger partial charge in [-0.05, 0) is 37.1 Å². The monoisotopic (exact) mass is 209 g/mol. The van der Waals surface area contributed by atoms with Crippen molar-refractivity contribution in [2.45, 2.75) is 39.0 Å². The second kappa shape index (κ2) is 5.11. The van der Waals surface area contributed by atoms with Gasteiger partial charge >= 0.3 is 0 Å². The number of aldehydes is 1. The Morgan fingerprint density at radius 2 is 2.00 bits per heavy atom. The molecule has 0 aromatic heterocycles. The van der Waals surface area contributed by atoms with Crippen molar-refractivity contribution in [2.24, 2.45) is 23.7 Å². The van der Waals surface area contributed by atoms with Crippen LogP contribution in [0.15, 0.2) is 0 Å². The van der Waals surface area contributed by atoms with Gasteiger partial charge in [-0.2, -0.15) is 0 Å². The third kappa shape index (κ3) is 2.81. The van der Waals surface area contributed by atoms with Crippen LogP contribution in [0.1, 0.15) is 39.0 Å². The summed E-state index contributed by atoms with van der Waals surface area (Å²) in [4.78, 5) is 10.8. The first-order chi connectivity index (χ1) is 7.29.